The Balaban J connectivity index is 2.19. The van der Waals surface area contributed by atoms with Crippen molar-refractivity contribution in [1.82, 2.24) is 15.5 Å². The molecular weight excluding hydrogens is 266 g/mol. The van der Waals surface area contributed by atoms with E-state index < -0.39 is 6.10 Å². The Hall–Kier alpha value is -1.44. The molecule has 0 spiro atoms. The SMILES string of the molecule is CN(C)CC(O)CNC(=O)CNC(=O)c1cccs1. The predicted octanol–water partition coefficient (Wildman–Crippen LogP) is -0.483. The van der Waals surface area contributed by atoms with Gasteiger partial charge in [-0.3, -0.25) is 9.59 Å². The quantitative estimate of drug-likeness (QED) is 0.632. The lowest BCUT2D eigenvalue weighted by molar-refractivity contribution is -0.120. The second-order valence-corrected chi connectivity index (χ2v) is 5.33. The molecule has 0 saturated heterocycles. The summed E-state index contributed by atoms with van der Waals surface area (Å²) in [4.78, 5) is 25.4. The van der Waals surface area contributed by atoms with Crippen molar-refractivity contribution in [3.8, 4) is 0 Å². The Kier molecular flexibility index (Phi) is 6.48. The van der Waals surface area contributed by atoms with Crippen molar-refractivity contribution in [3.63, 3.8) is 0 Å². The second-order valence-electron chi connectivity index (χ2n) is 4.38. The third-order valence-corrected chi connectivity index (χ3v) is 3.13. The molecule has 1 rings (SSSR count). The van der Waals surface area contributed by atoms with Crippen molar-refractivity contribution in [1.29, 1.82) is 0 Å². The maximum absolute atomic E-state index is 11.6. The van der Waals surface area contributed by atoms with Gasteiger partial charge in [-0.05, 0) is 25.5 Å². The van der Waals surface area contributed by atoms with Gasteiger partial charge in [0.05, 0.1) is 17.5 Å². The maximum atomic E-state index is 11.6. The Bertz CT molecular complexity index is 406. The largest absolute Gasteiger partial charge is 0.390 e. The van der Waals surface area contributed by atoms with Gasteiger partial charge in [-0.15, -0.1) is 11.3 Å². The summed E-state index contributed by atoms with van der Waals surface area (Å²) in [6.07, 6.45) is -0.619. The molecule has 1 heterocycles. The molecule has 0 aliphatic carbocycles. The van der Waals surface area contributed by atoms with Crippen molar-refractivity contribution in [2.24, 2.45) is 0 Å². The highest BCUT2D eigenvalue weighted by molar-refractivity contribution is 7.12. The third kappa shape index (κ3) is 6.32. The van der Waals surface area contributed by atoms with Crippen LogP contribution in [0.4, 0.5) is 0 Å². The van der Waals surface area contributed by atoms with Gasteiger partial charge in [-0.1, -0.05) is 6.07 Å². The number of nitrogens with zero attached hydrogens (tertiary/aromatic N) is 1. The van der Waals surface area contributed by atoms with Crippen LogP contribution in [-0.2, 0) is 4.79 Å². The molecule has 1 aromatic heterocycles. The van der Waals surface area contributed by atoms with E-state index in [-0.39, 0.29) is 24.9 Å². The molecule has 0 bridgehead atoms. The highest BCUT2D eigenvalue weighted by Crippen LogP contribution is 2.07. The van der Waals surface area contributed by atoms with Crippen molar-refractivity contribution in [2.75, 3.05) is 33.7 Å². The van der Waals surface area contributed by atoms with E-state index in [9.17, 15) is 14.7 Å². The molecule has 106 valence electrons. The first kappa shape index (κ1) is 15.6. The summed E-state index contributed by atoms with van der Waals surface area (Å²) in [7, 11) is 3.68. The molecule has 7 heteroatoms. The van der Waals surface area contributed by atoms with Gasteiger partial charge < -0.3 is 20.6 Å². The molecule has 19 heavy (non-hydrogen) atoms. The number of nitrogens with one attached hydrogen (secondary N) is 2. The predicted molar refractivity (Wildman–Crippen MR) is 74.2 cm³/mol. The smallest absolute Gasteiger partial charge is 0.261 e. The molecule has 1 unspecified atom stereocenters. The zero-order chi connectivity index (χ0) is 14.3. The number of rotatable bonds is 7. The summed E-state index contributed by atoms with van der Waals surface area (Å²) in [5.41, 5.74) is 0. The van der Waals surface area contributed by atoms with Crippen LogP contribution in [0.3, 0.4) is 0 Å². The van der Waals surface area contributed by atoms with Gasteiger partial charge in [0.1, 0.15) is 0 Å². The first-order chi connectivity index (χ1) is 8.99. The second kappa shape index (κ2) is 7.88. The number of aliphatic hydroxyl groups is 1. The van der Waals surface area contributed by atoms with Crippen LogP contribution in [0, 0.1) is 0 Å². The van der Waals surface area contributed by atoms with Gasteiger partial charge in [0.25, 0.3) is 5.91 Å². The summed E-state index contributed by atoms with van der Waals surface area (Å²) >= 11 is 1.32. The topological polar surface area (TPSA) is 81.7 Å². The average Bonchev–Trinajstić information content (AvgIpc) is 2.86. The van der Waals surface area contributed by atoms with Crippen LogP contribution in [0.5, 0.6) is 0 Å². The zero-order valence-corrected chi connectivity index (χ0v) is 11.9. The van der Waals surface area contributed by atoms with Crippen LogP contribution in [0.15, 0.2) is 17.5 Å². The Morgan fingerprint density at radius 2 is 2.16 bits per heavy atom. The number of hydrogen-bond acceptors (Lipinski definition) is 5. The van der Waals surface area contributed by atoms with Crippen LogP contribution < -0.4 is 10.6 Å². The Morgan fingerprint density at radius 1 is 1.42 bits per heavy atom. The van der Waals surface area contributed by atoms with Crippen LogP contribution in [0.25, 0.3) is 0 Å². The normalized spacial score (nSPS) is 12.2. The molecule has 0 fully saturated rings. The molecule has 6 nitrogen and oxygen atoms in total. The monoisotopic (exact) mass is 285 g/mol. The number of hydrogen-bond donors (Lipinski definition) is 3. The standard InChI is InChI=1S/C12H19N3O3S/c1-15(2)8-9(16)6-13-11(17)7-14-12(18)10-4-3-5-19-10/h3-5,9,16H,6-8H2,1-2H3,(H,13,17)(H,14,18). The van der Waals surface area contributed by atoms with E-state index in [1.165, 1.54) is 11.3 Å². The molecular formula is C12H19N3O3S. The van der Waals surface area contributed by atoms with Gasteiger partial charge in [-0.25, -0.2) is 0 Å². The number of carbonyl (C=O) groups excluding carboxylic acids is 2. The van der Waals surface area contributed by atoms with E-state index in [1.54, 1.807) is 17.5 Å². The van der Waals surface area contributed by atoms with E-state index in [0.29, 0.717) is 11.4 Å². The van der Waals surface area contributed by atoms with Crippen molar-refractivity contribution < 1.29 is 14.7 Å². The minimum absolute atomic E-state index is 0.0918. The molecule has 0 aromatic carbocycles. The lowest BCUT2D eigenvalue weighted by atomic mass is 10.3. The van der Waals surface area contributed by atoms with Gasteiger partial charge in [0, 0.05) is 13.1 Å². The molecule has 0 saturated carbocycles. The summed E-state index contributed by atoms with van der Waals surface area (Å²) in [5, 5.41) is 16.4. The fourth-order valence-corrected chi connectivity index (χ4v) is 2.08. The lowest BCUT2D eigenvalue weighted by Crippen LogP contribution is -2.42. The van der Waals surface area contributed by atoms with Gasteiger partial charge in [0.2, 0.25) is 5.91 Å². The minimum Gasteiger partial charge on any atom is -0.390 e. The van der Waals surface area contributed by atoms with Gasteiger partial charge >= 0.3 is 0 Å². The average molecular weight is 285 g/mol. The van der Waals surface area contributed by atoms with E-state index in [0.717, 1.165) is 0 Å². The number of carbonyl (C=O) groups is 2. The first-order valence-corrected chi connectivity index (χ1v) is 6.78. The Morgan fingerprint density at radius 3 is 2.74 bits per heavy atom. The summed E-state index contributed by atoms with van der Waals surface area (Å²) in [5.74, 6) is -0.582. The first-order valence-electron chi connectivity index (χ1n) is 5.90. The molecule has 0 radical (unpaired) electrons. The lowest BCUT2D eigenvalue weighted by Gasteiger charge is -2.16. The molecule has 0 aliphatic rings. The summed E-state index contributed by atoms with van der Waals surface area (Å²) in [6, 6.07) is 3.47. The van der Waals surface area contributed by atoms with Gasteiger partial charge in [-0.2, -0.15) is 0 Å². The highest BCUT2D eigenvalue weighted by atomic mass is 32.1. The van der Waals surface area contributed by atoms with Crippen LogP contribution in [0.2, 0.25) is 0 Å². The summed E-state index contributed by atoms with van der Waals surface area (Å²) < 4.78 is 0. The fourth-order valence-electron chi connectivity index (χ4n) is 1.44. The summed E-state index contributed by atoms with van der Waals surface area (Å²) in [6.45, 7) is 0.555. The Labute approximate surface area is 116 Å². The van der Waals surface area contributed by atoms with Crippen molar-refractivity contribution >= 4 is 23.2 Å². The number of amides is 2. The van der Waals surface area contributed by atoms with E-state index >= 15 is 0 Å². The molecule has 0 aliphatic heterocycles. The zero-order valence-electron chi connectivity index (χ0n) is 11.0. The minimum atomic E-state index is -0.619. The molecule has 2 amide bonds. The molecule has 3 N–H and O–H groups in total. The third-order valence-electron chi connectivity index (χ3n) is 2.27. The van der Waals surface area contributed by atoms with E-state index in [2.05, 4.69) is 10.6 Å². The van der Waals surface area contributed by atoms with E-state index in [1.807, 2.05) is 19.0 Å². The molecule has 1 aromatic rings. The van der Waals surface area contributed by atoms with Crippen LogP contribution in [0.1, 0.15) is 9.67 Å². The van der Waals surface area contributed by atoms with Crippen molar-refractivity contribution in [3.05, 3.63) is 22.4 Å². The number of aliphatic hydroxyl groups excluding tert-OH is 1. The maximum Gasteiger partial charge on any atom is 0.261 e. The highest BCUT2D eigenvalue weighted by Gasteiger charge is 2.10. The fraction of sp³-hybridized carbons (Fsp3) is 0.500. The van der Waals surface area contributed by atoms with Crippen molar-refractivity contribution in [2.45, 2.75) is 6.10 Å². The van der Waals surface area contributed by atoms with Gasteiger partial charge in [0.15, 0.2) is 0 Å². The van der Waals surface area contributed by atoms with E-state index in [4.69, 9.17) is 0 Å². The number of thiophene rings is 1. The number of likely N-dealkylation sites (N-methyl/N-ethyl adjacent to an activating group) is 1. The van der Waals surface area contributed by atoms with Crippen LogP contribution in [-0.4, -0.2) is 61.7 Å². The molecule has 1 atom stereocenters. The van der Waals surface area contributed by atoms with Crippen LogP contribution >= 0.6 is 11.3 Å².